The normalized spacial score (nSPS) is 9.70. The number of aromatic nitrogens is 2. The van der Waals surface area contributed by atoms with Crippen LogP contribution in [0, 0.1) is 10.1 Å². The van der Waals surface area contributed by atoms with Crippen LogP contribution in [0.25, 0.3) is 0 Å². The fourth-order valence-corrected chi connectivity index (χ4v) is 0.688. The summed E-state index contributed by atoms with van der Waals surface area (Å²) in [6.07, 6.45) is 0. The number of nitrogens with zero attached hydrogens (tertiary/aromatic N) is 2. The van der Waals surface area contributed by atoms with Crippen molar-refractivity contribution in [2.45, 2.75) is 5.75 Å². The highest BCUT2D eigenvalue weighted by Crippen LogP contribution is 2.08. The summed E-state index contributed by atoms with van der Waals surface area (Å²) in [5.74, 6) is 0.314. The highest BCUT2D eigenvalue weighted by molar-refractivity contribution is 7.79. The van der Waals surface area contributed by atoms with Gasteiger partial charge in [-0.1, -0.05) is 5.10 Å². The Hall–Kier alpha value is -1.04. The summed E-state index contributed by atoms with van der Waals surface area (Å²) >= 11 is 3.89. The van der Waals surface area contributed by atoms with E-state index in [0.717, 1.165) is 0 Å². The van der Waals surface area contributed by atoms with Crippen LogP contribution in [0.4, 0.5) is 5.82 Å². The number of hydrogen-bond donors (Lipinski definition) is 2. The van der Waals surface area contributed by atoms with Crippen LogP contribution in [0.5, 0.6) is 0 Å². The van der Waals surface area contributed by atoms with E-state index in [1.165, 1.54) is 6.07 Å². The molecule has 1 rings (SSSR count). The van der Waals surface area contributed by atoms with E-state index in [4.69, 9.17) is 0 Å². The maximum atomic E-state index is 10.0. The quantitative estimate of drug-likeness (QED) is 0.380. The molecule has 1 heterocycles. The smallest absolute Gasteiger partial charge is 0.342 e. The zero-order valence-corrected chi connectivity index (χ0v) is 5.84. The first-order chi connectivity index (χ1) is 4.74. The third-order valence-electron chi connectivity index (χ3n) is 0.976. The number of nitro groups is 1. The summed E-state index contributed by atoms with van der Waals surface area (Å²) in [6.45, 7) is 0. The predicted molar refractivity (Wildman–Crippen MR) is 37.9 cm³/mol. The van der Waals surface area contributed by atoms with E-state index in [0.29, 0.717) is 11.4 Å². The molecule has 0 saturated carbocycles. The van der Waals surface area contributed by atoms with Crippen molar-refractivity contribution in [3.63, 3.8) is 0 Å². The van der Waals surface area contributed by atoms with E-state index in [9.17, 15) is 10.1 Å². The minimum atomic E-state index is -0.528. The first-order valence-electron chi connectivity index (χ1n) is 2.53. The topological polar surface area (TPSA) is 71.8 Å². The third-order valence-corrected chi connectivity index (χ3v) is 1.30. The molecule has 0 aliphatic rings. The van der Waals surface area contributed by atoms with Gasteiger partial charge in [0.15, 0.2) is 0 Å². The van der Waals surface area contributed by atoms with Gasteiger partial charge in [-0.2, -0.15) is 12.6 Å². The molecule has 0 atom stereocenters. The second-order valence-corrected chi connectivity index (χ2v) is 1.98. The zero-order valence-electron chi connectivity index (χ0n) is 4.94. The van der Waals surface area contributed by atoms with Crippen molar-refractivity contribution in [3.05, 3.63) is 21.9 Å². The second-order valence-electron chi connectivity index (χ2n) is 1.66. The van der Waals surface area contributed by atoms with E-state index in [-0.39, 0.29) is 5.82 Å². The van der Waals surface area contributed by atoms with E-state index in [1.54, 1.807) is 0 Å². The van der Waals surface area contributed by atoms with Gasteiger partial charge in [-0.15, -0.1) is 5.10 Å². The summed E-state index contributed by atoms with van der Waals surface area (Å²) in [6, 6.07) is 1.35. The molecule has 0 aliphatic carbocycles. The zero-order chi connectivity index (χ0) is 7.56. The van der Waals surface area contributed by atoms with Gasteiger partial charge in [-0.05, 0) is 4.92 Å². The molecule has 0 amide bonds. The summed E-state index contributed by atoms with van der Waals surface area (Å²) < 4.78 is 0. The first kappa shape index (κ1) is 7.07. The molecule has 0 spiro atoms. The molecular weight excluding hydrogens is 154 g/mol. The predicted octanol–water partition coefficient (Wildman–Crippen LogP) is 0.748. The van der Waals surface area contributed by atoms with Crippen molar-refractivity contribution in [2.75, 3.05) is 0 Å². The second kappa shape index (κ2) is 2.70. The first-order valence-corrected chi connectivity index (χ1v) is 3.17. The molecule has 5 nitrogen and oxygen atoms in total. The largest absolute Gasteiger partial charge is 0.358 e. The summed E-state index contributed by atoms with van der Waals surface area (Å²) in [5, 5.41) is 15.9. The molecule has 0 saturated heterocycles. The lowest BCUT2D eigenvalue weighted by atomic mass is 10.5. The van der Waals surface area contributed by atoms with Gasteiger partial charge in [0.25, 0.3) is 0 Å². The number of aromatic amines is 1. The molecule has 1 N–H and O–H groups in total. The highest BCUT2D eigenvalue weighted by atomic mass is 32.1. The van der Waals surface area contributed by atoms with Gasteiger partial charge in [0, 0.05) is 5.75 Å². The van der Waals surface area contributed by atoms with Gasteiger partial charge in [0.2, 0.25) is 0 Å². The lowest BCUT2D eigenvalue weighted by Crippen LogP contribution is -1.86. The third kappa shape index (κ3) is 1.27. The maximum Gasteiger partial charge on any atom is 0.342 e. The van der Waals surface area contributed by atoms with Crippen LogP contribution in [0.1, 0.15) is 5.69 Å². The minimum Gasteiger partial charge on any atom is -0.358 e. The Morgan fingerprint density at radius 1 is 1.90 bits per heavy atom. The molecule has 1 aromatic rings. The molecule has 0 radical (unpaired) electrons. The van der Waals surface area contributed by atoms with Crippen molar-refractivity contribution in [1.82, 2.24) is 10.2 Å². The number of nitrogens with one attached hydrogen (secondary N) is 1. The van der Waals surface area contributed by atoms with E-state index in [2.05, 4.69) is 22.8 Å². The Balaban J connectivity index is 2.88. The Bertz CT molecular complexity index is 246. The van der Waals surface area contributed by atoms with Gasteiger partial charge < -0.3 is 10.1 Å². The molecule has 6 heteroatoms. The molecule has 0 unspecified atom stereocenters. The number of rotatable bonds is 2. The fourth-order valence-electron chi connectivity index (χ4n) is 0.526. The van der Waals surface area contributed by atoms with Crippen molar-refractivity contribution in [3.8, 4) is 0 Å². The monoisotopic (exact) mass is 159 g/mol. The SMILES string of the molecule is O=[N+]([O-])c1cc(CS)n[nH]1. The number of hydrogen-bond acceptors (Lipinski definition) is 4. The molecular formula is C4H5N3O2S. The molecule has 0 aromatic carbocycles. The molecule has 54 valence electrons. The van der Waals surface area contributed by atoms with Gasteiger partial charge in [0.05, 0.1) is 6.07 Å². The van der Waals surface area contributed by atoms with Crippen LogP contribution in [-0.4, -0.2) is 15.1 Å². The van der Waals surface area contributed by atoms with Crippen molar-refractivity contribution >= 4 is 18.4 Å². The summed E-state index contributed by atoms with van der Waals surface area (Å²) in [4.78, 5) is 9.51. The van der Waals surface area contributed by atoms with E-state index in [1.807, 2.05) is 0 Å². The van der Waals surface area contributed by atoms with Crippen LogP contribution in [-0.2, 0) is 5.75 Å². The van der Waals surface area contributed by atoms with E-state index >= 15 is 0 Å². The van der Waals surface area contributed by atoms with Crippen LogP contribution in [0.3, 0.4) is 0 Å². The molecule has 1 aromatic heterocycles. The lowest BCUT2D eigenvalue weighted by Gasteiger charge is -1.83. The van der Waals surface area contributed by atoms with Gasteiger partial charge in [0.1, 0.15) is 5.69 Å². The molecule has 0 bridgehead atoms. The average Bonchev–Trinajstić information content (AvgIpc) is 2.34. The van der Waals surface area contributed by atoms with Crippen molar-refractivity contribution in [1.29, 1.82) is 0 Å². The standard InChI is InChI=1S/C4H5N3O2S/c8-7(9)4-1-3(2-10)5-6-4/h1,10H,2H2,(H,5,6). The highest BCUT2D eigenvalue weighted by Gasteiger charge is 2.06. The Morgan fingerprint density at radius 2 is 2.60 bits per heavy atom. The Labute approximate surface area is 62.0 Å². The average molecular weight is 159 g/mol. The van der Waals surface area contributed by atoms with Crippen LogP contribution in [0.2, 0.25) is 0 Å². The minimum absolute atomic E-state index is 0.0935. The fraction of sp³-hybridized carbons (Fsp3) is 0.250. The van der Waals surface area contributed by atoms with Crippen LogP contribution in [0.15, 0.2) is 6.07 Å². The number of thiol groups is 1. The van der Waals surface area contributed by atoms with Gasteiger partial charge in [-0.25, -0.2) is 0 Å². The van der Waals surface area contributed by atoms with E-state index < -0.39 is 4.92 Å². The molecule has 10 heavy (non-hydrogen) atoms. The maximum absolute atomic E-state index is 10.0. The Kier molecular flexibility index (Phi) is 1.91. The summed E-state index contributed by atoms with van der Waals surface area (Å²) in [7, 11) is 0. The van der Waals surface area contributed by atoms with Crippen LogP contribution >= 0.6 is 12.6 Å². The molecule has 0 aliphatic heterocycles. The Morgan fingerprint density at radius 3 is 2.90 bits per heavy atom. The molecule has 0 fully saturated rings. The number of H-pyrrole nitrogens is 1. The van der Waals surface area contributed by atoms with Gasteiger partial charge >= 0.3 is 5.82 Å². The lowest BCUT2D eigenvalue weighted by molar-refractivity contribution is -0.389. The van der Waals surface area contributed by atoms with Crippen molar-refractivity contribution in [2.24, 2.45) is 0 Å². The van der Waals surface area contributed by atoms with Crippen LogP contribution < -0.4 is 0 Å². The van der Waals surface area contributed by atoms with Gasteiger partial charge in [-0.3, -0.25) is 0 Å². The van der Waals surface area contributed by atoms with Crippen molar-refractivity contribution < 1.29 is 4.92 Å². The summed E-state index contributed by atoms with van der Waals surface area (Å²) in [5.41, 5.74) is 0.579.